The van der Waals surface area contributed by atoms with Crippen LogP contribution in [0.3, 0.4) is 0 Å². The molecule has 2 aliphatic rings. The summed E-state index contributed by atoms with van der Waals surface area (Å²) in [4.78, 5) is 6.78. The van der Waals surface area contributed by atoms with Gasteiger partial charge in [-0.1, -0.05) is 23.9 Å². The number of halogens is 1. The highest BCUT2D eigenvalue weighted by Gasteiger charge is 2.26. The van der Waals surface area contributed by atoms with Gasteiger partial charge in [-0.15, -0.1) is 17.0 Å². The lowest BCUT2D eigenvalue weighted by atomic mass is 10.0. The van der Waals surface area contributed by atoms with Crippen LogP contribution in [0.1, 0.15) is 16.7 Å². The van der Waals surface area contributed by atoms with Crippen LogP contribution in [0.5, 0.6) is 0 Å². The minimum atomic E-state index is 0. The molecule has 0 saturated carbocycles. The summed E-state index contributed by atoms with van der Waals surface area (Å²) in [6, 6.07) is 6.67. The Morgan fingerprint density at radius 1 is 1.24 bits per heavy atom. The van der Waals surface area contributed by atoms with E-state index in [0.717, 1.165) is 18.3 Å². The van der Waals surface area contributed by atoms with E-state index in [1.807, 2.05) is 0 Å². The van der Waals surface area contributed by atoms with E-state index >= 15 is 0 Å². The molecule has 0 aliphatic carbocycles. The zero-order valence-electron chi connectivity index (χ0n) is 9.93. The van der Waals surface area contributed by atoms with Crippen molar-refractivity contribution >= 4 is 39.6 Å². The number of rotatable bonds is 1. The van der Waals surface area contributed by atoms with Crippen LogP contribution in [0.15, 0.2) is 28.6 Å². The van der Waals surface area contributed by atoms with Gasteiger partial charge in [-0.2, -0.15) is 0 Å². The highest BCUT2D eigenvalue weighted by molar-refractivity contribution is 8.93. The van der Waals surface area contributed by atoms with Crippen LogP contribution in [-0.2, 0) is 0 Å². The molecule has 2 nitrogen and oxygen atoms in total. The van der Waals surface area contributed by atoms with Crippen LogP contribution < -0.4 is 0 Å². The molecule has 0 aromatic heterocycles. The average molecular weight is 311 g/mol. The van der Waals surface area contributed by atoms with Gasteiger partial charge in [0, 0.05) is 12.0 Å². The van der Waals surface area contributed by atoms with Crippen LogP contribution in [0.2, 0.25) is 0 Å². The van der Waals surface area contributed by atoms with Gasteiger partial charge in [0.2, 0.25) is 0 Å². The predicted octanol–water partition coefficient (Wildman–Crippen LogP) is 3.60. The molecule has 0 fully saturated rings. The molecule has 3 rings (SSSR count). The molecule has 4 heteroatoms. The fourth-order valence-corrected chi connectivity index (χ4v) is 3.01. The Kier molecular flexibility index (Phi) is 3.64. The summed E-state index contributed by atoms with van der Waals surface area (Å²) in [5.41, 5.74) is 5.32. The Morgan fingerprint density at radius 2 is 2.06 bits per heavy atom. The van der Waals surface area contributed by atoms with Gasteiger partial charge in [-0.3, -0.25) is 4.99 Å². The zero-order valence-corrected chi connectivity index (χ0v) is 12.5. The molecule has 90 valence electrons. The van der Waals surface area contributed by atoms with Crippen molar-refractivity contribution in [2.24, 2.45) is 4.99 Å². The number of thioether (sulfide) groups is 1. The molecule has 0 saturated heterocycles. The minimum absolute atomic E-state index is 0. The normalized spacial score (nSPS) is 17.4. The summed E-state index contributed by atoms with van der Waals surface area (Å²) in [5.74, 6) is 0. The SMILES string of the molecule is Br.Cc1ccc(C2=CSC3=NCCN23)cc1C. The number of aliphatic imine (C=N–C) groups is 1. The molecule has 17 heavy (non-hydrogen) atoms. The summed E-state index contributed by atoms with van der Waals surface area (Å²) in [6.45, 7) is 6.28. The summed E-state index contributed by atoms with van der Waals surface area (Å²) < 4.78 is 0. The van der Waals surface area contributed by atoms with E-state index in [9.17, 15) is 0 Å². The first kappa shape index (κ1) is 12.7. The van der Waals surface area contributed by atoms with Crippen LogP contribution in [0.4, 0.5) is 0 Å². The van der Waals surface area contributed by atoms with Crippen LogP contribution in [0.25, 0.3) is 5.70 Å². The molecular formula is C13H15BrN2S. The quantitative estimate of drug-likeness (QED) is 0.787. The third-order valence-corrected chi connectivity index (χ3v) is 4.07. The number of amidine groups is 1. The van der Waals surface area contributed by atoms with Gasteiger partial charge in [-0.25, -0.2) is 0 Å². The summed E-state index contributed by atoms with van der Waals surface area (Å²) in [5, 5.41) is 3.37. The maximum Gasteiger partial charge on any atom is 0.168 e. The predicted molar refractivity (Wildman–Crippen MR) is 80.8 cm³/mol. The third-order valence-electron chi connectivity index (χ3n) is 3.17. The minimum Gasteiger partial charge on any atom is -0.318 e. The van der Waals surface area contributed by atoms with Crippen molar-refractivity contribution in [2.45, 2.75) is 13.8 Å². The van der Waals surface area contributed by atoms with E-state index in [1.54, 1.807) is 11.8 Å². The van der Waals surface area contributed by atoms with Crippen molar-refractivity contribution in [1.29, 1.82) is 0 Å². The molecule has 1 aromatic carbocycles. The second-order valence-corrected chi connectivity index (χ2v) is 5.07. The summed E-state index contributed by atoms with van der Waals surface area (Å²) in [7, 11) is 0. The molecule has 0 bridgehead atoms. The van der Waals surface area contributed by atoms with Crippen LogP contribution in [0, 0.1) is 13.8 Å². The van der Waals surface area contributed by atoms with Crippen LogP contribution >= 0.6 is 28.7 Å². The van der Waals surface area contributed by atoms with Crippen molar-refractivity contribution in [3.05, 3.63) is 40.3 Å². The fourth-order valence-electron chi connectivity index (χ4n) is 2.05. The number of benzene rings is 1. The Labute approximate surface area is 117 Å². The lowest BCUT2D eigenvalue weighted by molar-refractivity contribution is 0.650. The Balaban J connectivity index is 0.00000108. The lowest BCUT2D eigenvalue weighted by Crippen LogP contribution is -2.19. The van der Waals surface area contributed by atoms with Crippen molar-refractivity contribution in [3.63, 3.8) is 0 Å². The average Bonchev–Trinajstić information content (AvgIpc) is 2.83. The maximum absolute atomic E-state index is 4.47. The largest absolute Gasteiger partial charge is 0.318 e. The summed E-state index contributed by atoms with van der Waals surface area (Å²) >= 11 is 1.74. The van der Waals surface area contributed by atoms with Crippen molar-refractivity contribution in [2.75, 3.05) is 13.1 Å². The first-order chi connectivity index (χ1) is 7.75. The standard InChI is InChI=1S/C13H14N2S.BrH/c1-9-3-4-11(7-10(9)2)12-8-16-13-14-5-6-15(12)13;/h3-4,7-8H,5-6H2,1-2H3;1H. The van der Waals surface area contributed by atoms with Gasteiger partial charge in [-0.05, 0) is 36.6 Å². The molecule has 0 N–H and O–H groups in total. The zero-order chi connectivity index (χ0) is 11.1. The highest BCUT2D eigenvalue weighted by Crippen LogP contribution is 2.35. The van der Waals surface area contributed by atoms with E-state index < -0.39 is 0 Å². The number of aryl methyl sites for hydroxylation is 2. The van der Waals surface area contributed by atoms with Crippen molar-refractivity contribution < 1.29 is 0 Å². The summed E-state index contributed by atoms with van der Waals surface area (Å²) in [6.07, 6.45) is 0. The lowest BCUT2D eigenvalue weighted by Gasteiger charge is -2.17. The van der Waals surface area contributed by atoms with E-state index in [1.165, 1.54) is 22.4 Å². The highest BCUT2D eigenvalue weighted by atomic mass is 79.9. The number of nitrogens with zero attached hydrogens (tertiary/aromatic N) is 2. The van der Waals surface area contributed by atoms with E-state index in [2.05, 4.69) is 47.3 Å². The van der Waals surface area contributed by atoms with Crippen LogP contribution in [-0.4, -0.2) is 23.2 Å². The first-order valence-electron chi connectivity index (χ1n) is 5.52. The Morgan fingerprint density at radius 3 is 2.82 bits per heavy atom. The molecule has 0 amide bonds. The van der Waals surface area contributed by atoms with Crippen molar-refractivity contribution in [1.82, 2.24) is 4.90 Å². The van der Waals surface area contributed by atoms with Gasteiger partial charge in [0.05, 0.1) is 12.2 Å². The molecular weight excluding hydrogens is 296 g/mol. The number of fused-ring (bicyclic) bond motifs is 1. The van der Waals surface area contributed by atoms with Crippen molar-refractivity contribution in [3.8, 4) is 0 Å². The molecule has 1 aromatic rings. The molecule has 0 unspecified atom stereocenters. The van der Waals surface area contributed by atoms with Gasteiger partial charge >= 0.3 is 0 Å². The molecule has 2 heterocycles. The number of hydrogen-bond acceptors (Lipinski definition) is 3. The third kappa shape index (κ3) is 2.16. The van der Waals surface area contributed by atoms with Gasteiger partial charge in [0.25, 0.3) is 0 Å². The topological polar surface area (TPSA) is 15.6 Å². The fraction of sp³-hybridized carbons (Fsp3) is 0.308. The van der Waals surface area contributed by atoms with Gasteiger partial charge in [0.15, 0.2) is 5.17 Å². The molecule has 0 spiro atoms. The van der Waals surface area contributed by atoms with Gasteiger partial charge < -0.3 is 4.90 Å². The monoisotopic (exact) mass is 310 g/mol. The number of hydrogen-bond donors (Lipinski definition) is 0. The van der Waals surface area contributed by atoms with E-state index in [4.69, 9.17) is 0 Å². The Bertz CT molecular complexity index is 508. The molecule has 0 radical (unpaired) electrons. The first-order valence-corrected chi connectivity index (χ1v) is 6.40. The molecule has 2 aliphatic heterocycles. The second kappa shape index (κ2) is 4.86. The van der Waals surface area contributed by atoms with E-state index in [0.29, 0.717) is 0 Å². The van der Waals surface area contributed by atoms with E-state index in [-0.39, 0.29) is 17.0 Å². The van der Waals surface area contributed by atoms with Gasteiger partial charge in [0.1, 0.15) is 0 Å². The smallest absolute Gasteiger partial charge is 0.168 e. The Hall–Kier alpha value is -0.740. The second-order valence-electron chi connectivity index (χ2n) is 4.24. The molecule has 0 atom stereocenters. The maximum atomic E-state index is 4.47.